The molecule has 0 amide bonds. The number of hydrogen-bond acceptors (Lipinski definition) is 3. The highest BCUT2D eigenvalue weighted by molar-refractivity contribution is 5.45. The zero-order valence-corrected chi connectivity index (χ0v) is 8.25. The van der Waals surface area contributed by atoms with E-state index in [0.29, 0.717) is 5.82 Å². The highest BCUT2D eigenvalue weighted by Crippen LogP contribution is 2.07. The van der Waals surface area contributed by atoms with Crippen LogP contribution in [0.3, 0.4) is 0 Å². The minimum atomic E-state index is 0.564. The maximum Gasteiger partial charge on any atom is 0.123 e. The van der Waals surface area contributed by atoms with Gasteiger partial charge >= 0.3 is 0 Å². The van der Waals surface area contributed by atoms with Crippen molar-refractivity contribution in [2.24, 2.45) is 5.92 Å². The summed E-state index contributed by atoms with van der Waals surface area (Å²) >= 11 is 0. The van der Waals surface area contributed by atoms with Gasteiger partial charge in [0.25, 0.3) is 0 Å². The zero-order chi connectivity index (χ0) is 9.68. The summed E-state index contributed by atoms with van der Waals surface area (Å²) in [7, 11) is 0. The molecule has 3 N–H and O–H groups in total. The smallest absolute Gasteiger partial charge is 0.123 e. The van der Waals surface area contributed by atoms with Gasteiger partial charge in [0, 0.05) is 6.54 Å². The maximum absolute atomic E-state index is 5.46. The molecule has 0 radical (unpaired) electrons. The first-order valence-corrected chi connectivity index (χ1v) is 4.64. The van der Waals surface area contributed by atoms with Crippen LogP contribution in [0, 0.1) is 5.92 Å². The Hall–Kier alpha value is -1.25. The van der Waals surface area contributed by atoms with Gasteiger partial charge in [-0.1, -0.05) is 13.8 Å². The molecule has 3 nitrogen and oxygen atoms in total. The molecule has 1 heterocycles. The van der Waals surface area contributed by atoms with Crippen molar-refractivity contribution in [3.63, 3.8) is 0 Å². The van der Waals surface area contributed by atoms with Gasteiger partial charge in [-0.15, -0.1) is 0 Å². The van der Waals surface area contributed by atoms with Crippen LogP contribution in [0.1, 0.15) is 20.3 Å². The van der Waals surface area contributed by atoms with Gasteiger partial charge in [0.2, 0.25) is 0 Å². The molecule has 0 aliphatic rings. The van der Waals surface area contributed by atoms with Crippen molar-refractivity contribution in [2.75, 3.05) is 17.6 Å². The summed E-state index contributed by atoms with van der Waals surface area (Å²) in [6.07, 6.45) is 2.93. The quantitative estimate of drug-likeness (QED) is 0.744. The van der Waals surface area contributed by atoms with Crippen molar-refractivity contribution < 1.29 is 0 Å². The molecule has 0 spiro atoms. The monoisotopic (exact) mass is 179 g/mol. The van der Waals surface area contributed by atoms with E-state index >= 15 is 0 Å². The summed E-state index contributed by atoms with van der Waals surface area (Å²) < 4.78 is 0. The lowest BCUT2D eigenvalue weighted by atomic mass is 10.1. The lowest BCUT2D eigenvalue weighted by Gasteiger charge is -2.07. The normalized spacial score (nSPS) is 10.4. The van der Waals surface area contributed by atoms with Crippen LogP contribution >= 0.6 is 0 Å². The van der Waals surface area contributed by atoms with E-state index < -0.39 is 0 Å². The van der Waals surface area contributed by atoms with E-state index in [1.165, 1.54) is 6.42 Å². The van der Waals surface area contributed by atoms with Gasteiger partial charge in [0.15, 0.2) is 0 Å². The van der Waals surface area contributed by atoms with E-state index in [4.69, 9.17) is 5.73 Å². The first kappa shape index (κ1) is 9.84. The number of anilines is 2. The molecule has 0 aliphatic carbocycles. The predicted molar refractivity (Wildman–Crippen MR) is 56.6 cm³/mol. The number of pyridine rings is 1. The van der Waals surface area contributed by atoms with Crippen LogP contribution in [0.2, 0.25) is 0 Å². The third-order valence-electron chi connectivity index (χ3n) is 1.84. The minimum Gasteiger partial charge on any atom is -0.384 e. The second-order valence-electron chi connectivity index (χ2n) is 3.58. The standard InChI is InChI=1S/C10H17N3/c1-8(2)5-6-12-9-3-4-10(11)13-7-9/h3-4,7-8,12H,5-6H2,1-2H3,(H2,11,13). The van der Waals surface area contributed by atoms with Crippen molar-refractivity contribution in [1.82, 2.24) is 4.98 Å². The summed E-state index contributed by atoms with van der Waals surface area (Å²) in [5.41, 5.74) is 6.50. The van der Waals surface area contributed by atoms with Gasteiger partial charge in [-0.05, 0) is 24.5 Å². The lowest BCUT2D eigenvalue weighted by molar-refractivity contribution is 0.607. The Balaban J connectivity index is 2.33. The molecule has 0 aromatic carbocycles. The van der Waals surface area contributed by atoms with E-state index in [-0.39, 0.29) is 0 Å². The third kappa shape index (κ3) is 3.78. The molecule has 0 unspecified atom stereocenters. The fraction of sp³-hybridized carbons (Fsp3) is 0.500. The third-order valence-corrected chi connectivity index (χ3v) is 1.84. The Labute approximate surface area is 79.4 Å². The van der Waals surface area contributed by atoms with Gasteiger partial charge < -0.3 is 11.1 Å². The van der Waals surface area contributed by atoms with E-state index in [1.54, 1.807) is 12.3 Å². The number of aromatic nitrogens is 1. The molecule has 1 rings (SSSR count). The van der Waals surface area contributed by atoms with Crippen LogP contribution in [-0.4, -0.2) is 11.5 Å². The fourth-order valence-electron chi connectivity index (χ4n) is 1.02. The van der Waals surface area contributed by atoms with Crippen molar-refractivity contribution in [2.45, 2.75) is 20.3 Å². The molecule has 1 aromatic heterocycles. The number of hydrogen-bond donors (Lipinski definition) is 2. The first-order valence-electron chi connectivity index (χ1n) is 4.64. The summed E-state index contributed by atoms with van der Waals surface area (Å²) in [6, 6.07) is 3.75. The fourth-order valence-corrected chi connectivity index (χ4v) is 1.02. The molecule has 72 valence electrons. The molecule has 0 saturated heterocycles. The Morgan fingerprint density at radius 2 is 2.23 bits per heavy atom. The number of nitrogens with zero attached hydrogens (tertiary/aromatic N) is 1. The van der Waals surface area contributed by atoms with Crippen molar-refractivity contribution in [1.29, 1.82) is 0 Å². The van der Waals surface area contributed by atoms with Crippen LogP contribution in [0.25, 0.3) is 0 Å². The highest BCUT2D eigenvalue weighted by atomic mass is 14.9. The molecule has 1 aromatic rings. The van der Waals surface area contributed by atoms with E-state index in [1.807, 2.05) is 6.07 Å². The molecule has 13 heavy (non-hydrogen) atoms. The Morgan fingerprint density at radius 1 is 1.46 bits per heavy atom. The van der Waals surface area contributed by atoms with Crippen LogP contribution in [-0.2, 0) is 0 Å². The number of rotatable bonds is 4. The average molecular weight is 179 g/mol. The largest absolute Gasteiger partial charge is 0.384 e. The minimum absolute atomic E-state index is 0.564. The van der Waals surface area contributed by atoms with Crippen LogP contribution in [0.15, 0.2) is 18.3 Å². The Kier molecular flexibility index (Phi) is 3.55. The average Bonchev–Trinajstić information content (AvgIpc) is 2.08. The molecular weight excluding hydrogens is 162 g/mol. The summed E-state index contributed by atoms with van der Waals surface area (Å²) in [5.74, 6) is 1.30. The summed E-state index contributed by atoms with van der Waals surface area (Å²) in [4.78, 5) is 3.99. The Morgan fingerprint density at radius 3 is 2.77 bits per heavy atom. The van der Waals surface area contributed by atoms with Crippen molar-refractivity contribution in [3.05, 3.63) is 18.3 Å². The molecule has 0 bridgehead atoms. The predicted octanol–water partition coefficient (Wildman–Crippen LogP) is 2.12. The molecule has 0 atom stereocenters. The summed E-state index contributed by atoms with van der Waals surface area (Å²) in [5, 5.41) is 3.29. The first-order chi connectivity index (χ1) is 6.18. The van der Waals surface area contributed by atoms with Crippen LogP contribution < -0.4 is 11.1 Å². The van der Waals surface area contributed by atoms with Gasteiger partial charge in [-0.2, -0.15) is 0 Å². The molecule has 0 saturated carbocycles. The van der Waals surface area contributed by atoms with E-state index in [9.17, 15) is 0 Å². The van der Waals surface area contributed by atoms with E-state index in [2.05, 4.69) is 24.1 Å². The number of nitrogen functional groups attached to an aromatic ring is 1. The SMILES string of the molecule is CC(C)CCNc1ccc(N)nc1. The maximum atomic E-state index is 5.46. The lowest BCUT2D eigenvalue weighted by Crippen LogP contribution is -2.05. The van der Waals surface area contributed by atoms with E-state index in [0.717, 1.165) is 18.2 Å². The van der Waals surface area contributed by atoms with Gasteiger partial charge in [-0.3, -0.25) is 0 Å². The van der Waals surface area contributed by atoms with Gasteiger partial charge in [0.05, 0.1) is 11.9 Å². The van der Waals surface area contributed by atoms with Crippen LogP contribution in [0.4, 0.5) is 11.5 Å². The molecule has 3 heteroatoms. The van der Waals surface area contributed by atoms with Crippen molar-refractivity contribution >= 4 is 11.5 Å². The van der Waals surface area contributed by atoms with Gasteiger partial charge in [-0.25, -0.2) is 4.98 Å². The second-order valence-corrected chi connectivity index (χ2v) is 3.58. The zero-order valence-electron chi connectivity index (χ0n) is 8.25. The Bertz CT molecular complexity index is 241. The second kappa shape index (κ2) is 4.70. The number of nitrogens with one attached hydrogen (secondary N) is 1. The molecular formula is C10H17N3. The molecule has 0 fully saturated rings. The topological polar surface area (TPSA) is 50.9 Å². The highest BCUT2D eigenvalue weighted by Gasteiger charge is 1.94. The molecule has 0 aliphatic heterocycles. The van der Waals surface area contributed by atoms with Crippen molar-refractivity contribution in [3.8, 4) is 0 Å². The summed E-state index contributed by atoms with van der Waals surface area (Å²) in [6.45, 7) is 5.41. The number of nitrogens with two attached hydrogens (primary N) is 1. The van der Waals surface area contributed by atoms with Gasteiger partial charge in [0.1, 0.15) is 5.82 Å². The van der Waals surface area contributed by atoms with Crippen LogP contribution in [0.5, 0.6) is 0 Å².